The molecule has 4 heterocycles. The number of amides is 1. The van der Waals surface area contributed by atoms with Crippen molar-refractivity contribution in [3.8, 4) is 0 Å². The number of carbonyl (C=O) groups excluding carboxylic acids is 1. The number of rotatable bonds is 5. The first-order valence-electron chi connectivity index (χ1n) is 9.07. The average Bonchev–Trinajstić information content (AvgIpc) is 3.21. The summed E-state index contributed by atoms with van der Waals surface area (Å²) in [5.74, 6) is 1.48. The van der Waals surface area contributed by atoms with E-state index < -0.39 is 0 Å². The van der Waals surface area contributed by atoms with Crippen LogP contribution in [0.2, 0.25) is 0 Å². The zero-order valence-corrected chi connectivity index (χ0v) is 15.2. The number of nitrogens with zero attached hydrogens (tertiary/aromatic N) is 3. The minimum atomic E-state index is -0.202. The molecule has 138 valence electrons. The highest BCUT2D eigenvalue weighted by molar-refractivity contribution is 5.93. The second-order valence-electron chi connectivity index (χ2n) is 7.29. The predicted molar refractivity (Wildman–Crippen MR) is 96.0 cm³/mol. The van der Waals surface area contributed by atoms with E-state index in [2.05, 4.69) is 15.3 Å². The number of ether oxygens (including phenoxy) is 1. The molecule has 2 aliphatic rings. The van der Waals surface area contributed by atoms with Gasteiger partial charge in [-0.2, -0.15) is 0 Å². The van der Waals surface area contributed by atoms with Crippen LogP contribution in [0.5, 0.6) is 0 Å². The SMILES string of the molecule is Cc1cnc(NCC[C@H]2CCOC23CN(C(=O)c2occc2C)C3)nc1. The molecule has 1 N–H and O–H groups in total. The van der Waals surface area contributed by atoms with Crippen molar-refractivity contribution >= 4 is 11.9 Å². The molecule has 1 amide bonds. The molecule has 0 saturated carbocycles. The molecule has 0 aromatic carbocycles. The molecule has 0 aliphatic carbocycles. The molecule has 4 rings (SSSR count). The maximum atomic E-state index is 12.5. The van der Waals surface area contributed by atoms with Crippen LogP contribution in [0.25, 0.3) is 0 Å². The molecule has 26 heavy (non-hydrogen) atoms. The van der Waals surface area contributed by atoms with Gasteiger partial charge in [0.05, 0.1) is 19.4 Å². The third-order valence-corrected chi connectivity index (χ3v) is 5.42. The van der Waals surface area contributed by atoms with Crippen molar-refractivity contribution in [3.63, 3.8) is 0 Å². The van der Waals surface area contributed by atoms with Crippen molar-refractivity contribution in [1.82, 2.24) is 14.9 Å². The van der Waals surface area contributed by atoms with Gasteiger partial charge in [-0.05, 0) is 44.2 Å². The summed E-state index contributed by atoms with van der Waals surface area (Å²) in [6.07, 6.45) is 7.17. The Labute approximate surface area is 152 Å². The van der Waals surface area contributed by atoms with E-state index >= 15 is 0 Å². The molecule has 2 saturated heterocycles. The highest BCUT2D eigenvalue weighted by atomic mass is 16.5. The molecule has 2 aliphatic heterocycles. The maximum absolute atomic E-state index is 12.5. The number of nitrogens with one attached hydrogen (secondary N) is 1. The summed E-state index contributed by atoms with van der Waals surface area (Å²) >= 11 is 0. The van der Waals surface area contributed by atoms with Gasteiger partial charge in [0.15, 0.2) is 5.76 Å². The summed E-state index contributed by atoms with van der Waals surface area (Å²) in [6.45, 7) is 6.68. The Morgan fingerprint density at radius 2 is 2.12 bits per heavy atom. The topological polar surface area (TPSA) is 80.5 Å². The molecule has 0 radical (unpaired) electrons. The van der Waals surface area contributed by atoms with Crippen molar-refractivity contribution in [2.75, 3.05) is 31.6 Å². The van der Waals surface area contributed by atoms with Gasteiger partial charge in [-0.15, -0.1) is 0 Å². The second-order valence-corrected chi connectivity index (χ2v) is 7.29. The highest BCUT2D eigenvalue weighted by Gasteiger charge is 2.54. The first-order valence-corrected chi connectivity index (χ1v) is 9.07. The largest absolute Gasteiger partial charge is 0.459 e. The van der Waals surface area contributed by atoms with E-state index in [1.54, 1.807) is 6.26 Å². The van der Waals surface area contributed by atoms with Crippen molar-refractivity contribution < 1.29 is 13.9 Å². The molecule has 2 aromatic rings. The monoisotopic (exact) mass is 356 g/mol. The predicted octanol–water partition coefficient (Wildman–Crippen LogP) is 2.42. The fraction of sp³-hybridized carbons (Fsp3) is 0.526. The lowest BCUT2D eigenvalue weighted by atomic mass is 9.78. The summed E-state index contributed by atoms with van der Waals surface area (Å²) in [5.41, 5.74) is 1.72. The first kappa shape index (κ1) is 17.0. The van der Waals surface area contributed by atoms with E-state index in [1.165, 1.54) is 0 Å². The van der Waals surface area contributed by atoms with Gasteiger partial charge < -0.3 is 19.4 Å². The quantitative estimate of drug-likeness (QED) is 0.886. The molecular weight excluding hydrogens is 332 g/mol. The number of carbonyl (C=O) groups is 1. The third kappa shape index (κ3) is 3.07. The zero-order valence-electron chi connectivity index (χ0n) is 15.2. The molecule has 1 spiro atoms. The molecular formula is C19H24N4O3. The number of hydrogen-bond acceptors (Lipinski definition) is 6. The van der Waals surface area contributed by atoms with Crippen LogP contribution in [0.4, 0.5) is 5.95 Å². The Kier molecular flexibility index (Phi) is 4.40. The molecule has 7 nitrogen and oxygen atoms in total. The second kappa shape index (κ2) is 6.72. The molecule has 0 unspecified atom stereocenters. The lowest BCUT2D eigenvalue weighted by molar-refractivity contribution is -0.118. The van der Waals surface area contributed by atoms with E-state index in [0.29, 0.717) is 30.7 Å². The van der Waals surface area contributed by atoms with Gasteiger partial charge in [0, 0.05) is 31.1 Å². The smallest absolute Gasteiger partial charge is 0.290 e. The van der Waals surface area contributed by atoms with Gasteiger partial charge in [0.2, 0.25) is 5.95 Å². The summed E-state index contributed by atoms with van der Waals surface area (Å²) in [6, 6.07) is 1.82. The fourth-order valence-electron chi connectivity index (χ4n) is 3.86. The van der Waals surface area contributed by atoms with Gasteiger partial charge in [0.25, 0.3) is 5.91 Å². The number of likely N-dealkylation sites (tertiary alicyclic amines) is 1. The first-order chi connectivity index (χ1) is 12.6. The normalized spacial score (nSPS) is 21.0. The number of hydrogen-bond donors (Lipinski definition) is 1. The molecule has 2 aromatic heterocycles. The van der Waals surface area contributed by atoms with Crippen molar-refractivity contribution in [3.05, 3.63) is 41.6 Å². The van der Waals surface area contributed by atoms with Crippen molar-refractivity contribution in [1.29, 1.82) is 0 Å². The van der Waals surface area contributed by atoms with Crippen molar-refractivity contribution in [2.45, 2.75) is 32.3 Å². The number of aryl methyl sites for hydroxylation is 2. The Balaban J connectivity index is 1.31. The van der Waals surface area contributed by atoms with Crippen molar-refractivity contribution in [2.24, 2.45) is 5.92 Å². The number of anilines is 1. The minimum Gasteiger partial charge on any atom is -0.459 e. The number of furan rings is 1. The molecule has 7 heteroatoms. The zero-order chi connectivity index (χ0) is 18.1. The van der Waals surface area contributed by atoms with Gasteiger partial charge in [-0.1, -0.05) is 0 Å². The summed E-state index contributed by atoms with van der Waals surface area (Å²) in [5, 5.41) is 3.28. The van der Waals surface area contributed by atoms with E-state index in [0.717, 1.165) is 37.1 Å². The van der Waals surface area contributed by atoms with Gasteiger partial charge in [-0.3, -0.25) is 4.79 Å². The molecule has 0 bridgehead atoms. The lowest BCUT2D eigenvalue weighted by Gasteiger charge is -2.50. The van der Waals surface area contributed by atoms with Crippen LogP contribution in [0.1, 0.15) is 34.5 Å². The average molecular weight is 356 g/mol. The highest BCUT2D eigenvalue weighted by Crippen LogP contribution is 2.42. The van der Waals surface area contributed by atoms with E-state index in [4.69, 9.17) is 9.15 Å². The van der Waals surface area contributed by atoms with Gasteiger partial charge in [0.1, 0.15) is 5.60 Å². The third-order valence-electron chi connectivity index (χ3n) is 5.42. The standard InChI is InChI=1S/C19H24N4O3/c1-13-9-21-18(22-10-13)20-6-3-15-5-8-26-19(15)11-23(12-19)17(24)16-14(2)4-7-25-16/h4,7,9-10,15H,3,5-6,8,11-12H2,1-2H3,(H,20,21,22)/t15-/m0/s1. The van der Waals surface area contributed by atoms with Crippen LogP contribution in [0.15, 0.2) is 29.1 Å². The van der Waals surface area contributed by atoms with Gasteiger partial charge in [-0.25, -0.2) is 9.97 Å². The Morgan fingerprint density at radius 1 is 1.35 bits per heavy atom. The Bertz CT molecular complexity index is 780. The van der Waals surface area contributed by atoms with Crippen LogP contribution in [0.3, 0.4) is 0 Å². The minimum absolute atomic E-state index is 0.0430. The van der Waals surface area contributed by atoms with Crippen LogP contribution < -0.4 is 5.32 Å². The van der Waals surface area contributed by atoms with Crippen LogP contribution in [-0.2, 0) is 4.74 Å². The summed E-state index contributed by atoms with van der Waals surface area (Å²) in [7, 11) is 0. The Morgan fingerprint density at radius 3 is 2.81 bits per heavy atom. The summed E-state index contributed by atoms with van der Waals surface area (Å²) in [4.78, 5) is 22.9. The van der Waals surface area contributed by atoms with E-state index in [-0.39, 0.29) is 11.5 Å². The lowest BCUT2D eigenvalue weighted by Crippen LogP contribution is -2.66. The van der Waals surface area contributed by atoms with Crippen LogP contribution >= 0.6 is 0 Å². The maximum Gasteiger partial charge on any atom is 0.290 e. The molecule has 1 atom stereocenters. The fourth-order valence-corrected chi connectivity index (χ4v) is 3.86. The Hall–Kier alpha value is -2.41. The summed E-state index contributed by atoms with van der Waals surface area (Å²) < 4.78 is 11.4. The van der Waals surface area contributed by atoms with E-state index in [1.807, 2.05) is 37.2 Å². The van der Waals surface area contributed by atoms with E-state index in [9.17, 15) is 4.79 Å². The molecule has 2 fully saturated rings. The van der Waals surface area contributed by atoms with Crippen LogP contribution in [-0.4, -0.2) is 52.6 Å². The van der Waals surface area contributed by atoms with Gasteiger partial charge >= 0.3 is 0 Å². The number of aromatic nitrogens is 2. The van der Waals surface area contributed by atoms with Crippen LogP contribution in [0, 0.1) is 19.8 Å².